The molecular formula is C26H21NO6. The summed E-state index contributed by atoms with van der Waals surface area (Å²) in [6.07, 6.45) is 1.42. The summed E-state index contributed by atoms with van der Waals surface area (Å²) in [5.74, 6) is -0.0476. The van der Waals surface area contributed by atoms with E-state index >= 15 is 0 Å². The predicted octanol–water partition coefficient (Wildman–Crippen LogP) is 4.78. The Hall–Kier alpha value is -4.39. The summed E-state index contributed by atoms with van der Waals surface area (Å²) in [5, 5.41) is 3.12. The van der Waals surface area contributed by atoms with Gasteiger partial charge in [-0.15, -0.1) is 0 Å². The van der Waals surface area contributed by atoms with Gasteiger partial charge in [-0.1, -0.05) is 24.3 Å². The average Bonchev–Trinajstić information content (AvgIpc) is 2.83. The monoisotopic (exact) mass is 443 g/mol. The lowest BCUT2D eigenvalue weighted by molar-refractivity contribution is -0.114. The van der Waals surface area contributed by atoms with Crippen molar-refractivity contribution in [2.45, 2.75) is 13.5 Å². The summed E-state index contributed by atoms with van der Waals surface area (Å²) in [7, 11) is 1.33. The minimum absolute atomic E-state index is 0.165. The number of carbonyl (C=O) groups excluding carboxylic acids is 2. The fourth-order valence-electron chi connectivity index (χ4n) is 3.41. The Morgan fingerprint density at radius 2 is 1.79 bits per heavy atom. The van der Waals surface area contributed by atoms with E-state index in [0.717, 1.165) is 5.56 Å². The molecule has 0 bridgehead atoms. The number of carbonyl (C=O) groups is 2. The zero-order valence-electron chi connectivity index (χ0n) is 18.1. The summed E-state index contributed by atoms with van der Waals surface area (Å²) in [6.45, 7) is 1.67. The van der Waals surface area contributed by atoms with E-state index < -0.39 is 5.97 Å². The van der Waals surface area contributed by atoms with E-state index in [-0.39, 0.29) is 17.9 Å². The van der Waals surface area contributed by atoms with Crippen LogP contribution in [0.15, 0.2) is 82.2 Å². The average molecular weight is 443 g/mol. The van der Waals surface area contributed by atoms with Crippen molar-refractivity contribution in [3.8, 4) is 16.9 Å². The highest BCUT2D eigenvalue weighted by Crippen LogP contribution is 2.25. The second-order valence-electron chi connectivity index (χ2n) is 7.38. The summed E-state index contributed by atoms with van der Waals surface area (Å²) in [5.41, 5.74) is 3.24. The SMILES string of the molecule is COC(=O)c1cccc(COc2ccc3c(=O)c(-c4ccc(NC(C)=O)cc4)coc3c2)c1. The first-order valence-corrected chi connectivity index (χ1v) is 10.2. The Balaban J connectivity index is 1.54. The molecule has 3 aromatic carbocycles. The summed E-state index contributed by atoms with van der Waals surface area (Å²) < 4.78 is 16.3. The van der Waals surface area contributed by atoms with Crippen LogP contribution in [0.2, 0.25) is 0 Å². The first-order chi connectivity index (χ1) is 15.9. The van der Waals surface area contributed by atoms with E-state index in [1.54, 1.807) is 60.7 Å². The topological polar surface area (TPSA) is 94.8 Å². The molecule has 0 atom stereocenters. The number of hydrogen-bond donors (Lipinski definition) is 1. The second kappa shape index (κ2) is 9.40. The molecule has 166 valence electrons. The normalized spacial score (nSPS) is 10.6. The van der Waals surface area contributed by atoms with E-state index in [2.05, 4.69) is 5.32 Å². The van der Waals surface area contributed by atoms with Crippen molar-refractivity contribution >= 4 is 28.5 Å². The highest BCUT2D eigenvalue weighted by molar-refractivity contribution is 5.90. The van der Waals surface area contributed by atoms with Gasteiger partial charge in [0.05, 0.1) is 23.6 Å². The van der Waals surface area contributed by atoms with Gasteiger partial charge in [0.1, 0.15) is 24.2 Å². The number of ether oxygens (including phenoxy) is 2. The number of benzene rings is 3. The lowest BCUT2D eigenvalue weighted by atomic mass is 10.1. The molecule has 4 aromatic rings. The van der Waals surface area contributed by atoms with Gasteiger partial charge in [0.2, 0.25) is 5.91 Å². The largest absolute Gasteiger partial charge is 0.489 e. The van der Waals surface area contributed by atoms with Crippen LogP contribution in [0.1, 0.15) is 22.8 Å². The first-order valence-electron chi connectivity index (χ1n) is 10.2. The van der Waals surface area contributed by atoms with Gasteiger partial charge in [-0.2, -0.15) is 0 Å². The second-order valence-corrected chi connectivity index (χ2v) is 7.38. The molecule has 7 nitrogen and oxygen atoms in total. The lowest BCUT2D eigenvalue weighted by Gasteiger charge is -2.09. The van der Waals surface area contributed by atoms with Gasteiger partial charge in [0.25, 0.3) is 0 Å². The molecule has 1 amide bonds. The maximum absolute atomic E-state index is 13.0. The third-order valence-corrected chi connectivity index (χ3v) is 5.02. The van der Waals surface area contributed by atoms with Crippen molar-refractivity contribution in [1.29, 1.82) is 0 Å². The van der Waals surface area contributed by atoms with Crippen molar-refractivity contribution in [2.24, 2.45) is 0 Å². The van der Waals surface area contributed by atoms with E-state index in [9.17, 15) is 14.4 Å². The van der Waals surface area contributed by atoms with Gasteiger partial charge < -0.3 is 19.2 Å². The smallest absolute Gasteiger partial charge is 0.337 e. The zero-order chi connectivity index (χ0) is 23.4. The molecule has 0 unspecified atom stereocenters. The molecule has 0 aliphatic rings. The standard InChI is InChI=1S/C26H21NO6/c1-16(28)27-20-8-6-18(7-9-20)23-15-33-24-13-21(10-11-22(24)25(23)29)32-14-17-4-3-5-19(12-17)26(30)31-2/h3-13,15H,14H2,1-2H3,(H,27,28). The Bertz CT molecular complexity index is 1390. The fourth-order valence-corrected chi connectivity index (χ4v) is 3.41. The molecule has 0 fully saturated rings. The van der Waals surface area contributed by atoms with Crippen LogP contribution in [0.25, 0.3) is 22.1 Å². The summed E-state index contributed by atoms with van der Waals surface area (Å²) in [4.78, 5) is 35.9. The third-order valence-electron chi connectivity index (χ3n) is 5.02. The lowest BCUT2D eigenvalue weighted by Crippen LogP contribution is -2.07. The highest BCUT2D eigenvalue weighted by atomic mass is 16.5. The maximum atomic E-state index is 13.0. The molecule has 1 heterocycles. The molecule has 4 rings (SSSR count). The van der Waals surface area contributed by atoms with Crippen molar-refractivity contribution in [1.82, 2.24) is 0 Å². The van der Waals surface area contributed by atoms with Crippen molar-refractivity contribution in [2.75, 3.05) is 12.4 Å². The minimum Gasteiger partial charge on any atom is -0.489 e. The Morgan fingerprint density at radius 3 is 2.52 bits per heavy atom. The predicted molar refractivity (Wildman–Crippen MR) is 124 cm³/mol. The van der Waals surface area contributed by atoms with Gasteiger partial charge in [0, 0.05) is 18.7 Å². The van der Waals surface area contributed by atoms with Gasteiger partial charge in [-0.05, 0) is 47.5 Å². The van der Waals surface area contributed by atoms with Crippen molar-refractivity contribution < 1.29 is 23.5 Å². The number of hydrogen-bond acceptors (Lipinski definition) is 6. The molecule has 0 radical (unpaired) electrons. The van der Waals surface area contributed by atoms with Crippen LogP contribution in [0.4, 0.5) is 5.69 Å². The van der Waals surface area contributed by atoms with Crippen LogP contribution in [0.3, 0.4) is 0 Å². The van der Waals surface area contributed by atoms with Crippen LogP contribution in [-0.2, 0) is 16.1 Å². The molecular weight excluding hydrogens is 422 g/mol. The van der Waals surface area contributed by atoms with Crippen LogP contribution in [0, 0.1) is 0 Å². The van der Waals surface area contributed by atoms with E-state index in [1.807, 2.05) is 6.07 Å². The maximum Gasteiger partial charge on any atom is 0.337 e. The van der Waals surface area contributed by atoms with Gasteiger partial charge in [0.15, 0.2) is 5.43 Å². The molecule has 1 N–H and O–H groups in total. The van der Waals surface area contributed by atoms with Crippen LogP contribution >= 0.6 is 0 Å². The molecule has 0 saturated heterocycles. The minimum atomic E-state index is -0.412. The Kier molecular flexibility index (Phi) is 6.22. The number of amides is 1. The first kappa shape index (κ1) is 21.8. The van der Waals surface area contributed by atoms with Crippen LogP contribution in [-0.4, -0.2) is 19.0 Å². The van der Waals surface area contributed by atoms with Crippen molar-refractivity contribution in [3.63, 3.8) is 0 Å². The van der Waals surface area contributed by atoms with Crippen LogP contribution in [0.5, 0.6) is 5.75 Å². The molecule has 33 heavy (non-hydrogen) atoms. The molecule has 0 saturated carbocycles. The van der Waals surface area contributed by atoms with Gasteiger partial charge in [-0.3, -0.25) is 9.59 Å². The zero-order valence-corrected chi connectivity index (χ0v) is 18.1. The number of rotatable bonds is 6. The van der Waals surface area contributed by atoms with Gasteiger partial charge >= 0.3 is 5.97 Å². The van der Waals surface area contributed by atoms with E-state index in [1.165, 1.54) is 20.3 Å². The molecule has 0 aliphatic heterocycles. The number of esters is 1. The Morgan fingerprint density at radius 1 is 1.00 bits per heavy atom. The van der Waals surface area contributed by atoms with Gasteiger partial charge in [-0.25, -0.2) is 4.79 Å². The summed E-state index contributed by atoms with van der Waals surface area (Å²) in [6, 6.07) is 19.0. The molecule has 0 aliphatic carbocycles. The highest BCUT2D eigenvalue weighted by Gasteiger charge is 2.11. The molecule has 0 spiro atoms. The van der Waals surface area contributed by atoms with Crippen molar-refractivity contribution in [3.05, 3.63) is 94.3 Å². The number of nitrogens with one attached hydrogen (secondary N) is 1. The number of methoxy groups -OCH3 is 1. The quantitative estimate of drug-likeness (QED) is 0.431. The number of fused-ring (bicyclic) bond motifs is 1. The van der Waals surface area contributed by atoms with E-state index in [4.69, 9.17) is 13.9 Å². The van der Waals surface area contributed by atoms with E-state index in [0.29, 0.717) is 39.1 Å². The fraction of sp³-hybridized carbons (Fsp3) is 0.115. The van der Waals surface area contributed by atoms with Crippen LogP contribution < -0.4 is 15.5 Å². The molecule has 7 heteroatoms. The molecule has 1 aromatic heterocycles. The Labute approximate surface area is 189 Å². The summed E-state index contributed by atoms with van der Waals surface area (Å²) >= 11 is 0. The third kappa shape index (κ3) is 4.93. The number of anilines is 1.